The third kappa shape index (κ3) is 2.68. The molecule has 1 aromatic heterocycles. The van der Waals surface area contributed by atoms with Crippen LogP contribution in [0.1, 0.15) is 31.4 Å². The van der Waals surface area contributed by atoms with Crippen molar-refractivity contribution in [3.05, 3.63) is 23.9 Å². The predicted octanol–water partition coefficient (Wildman–Crippen LogP) is 1.80. The largest absolute Gasteiger partial charge is 0.384 e. The van der Waals surface area contributed by atoms with Gasteiger partial charge in [0.25, 0.3) is 0 Å². The molecule has 1 heterocycles. The van der Waals surface area contributed by atoms with Gasteiger partial charge in [-0.25, -0.2) is 4.98 Å². The summed E-state index contributed by atoms with van der Waals surface area (Å²) in [5.41, 5.74) is 0.560. The van der Waals surface area contributed by atoms with Crippen LogP contribution in [-0.4, -0.2) is 22.6 Å². The number of aliphatic hydroxyl groups is 1. The maximum Gasteiger partial charge on any atom is 0.228 e. The second-order valence-corrected chi connectivity index (χ2v) is 5.64. The summed E-state index contributed by atoms with van der Waals surface area (Å²) in [5.74, 6) is 7.41. The van der Waals surface area contributed by atoms with Gasteiger partial charge in [-0.2, -0.15) is 0 Å². The lowest BCUT2D eigenvalue weighted by Crippen LogP contribution is -2.27. The molecule has 1 aromatic rings. The molecule has 2 aliphatic rings. The van der Waals surface area contributed by atoms with Gasteiger partial charge in [0.15, 0.2) is 0 Å². The molecule has 2 saturated carbocycles. The number of rotatable bonds is 2. The molecule has 0 radical (unpaired) electrons. The molecule has 0 aliphatic heterocycles. The highest BCUT2D eigenvalue weighted by Crippen LogP contribution is 2.48. The van der Waals surface area contributed by atoms with Crippen LogP contribution in [0.15, 0.2) is 18.2 Å². The number of nitrogens with one attached hydrogen (secondary N) is 1. The first-order chi connectivity index (χ1) is 9.76. The smallest absolute Gasteiger partial charge is 0.228 e. The summed E-state index contributed by atoms with van der Waals surface area (Å²) in [6, 6.07) is 5.34. The zero-order valence-electron chi connectivity index (χ0n) is 11.3. The molecule has 2 N–H and O–H groups in total. The Morgan fingerprint density at radius 3 is 3.00 bits per heavy atom. The number of pyridine rings is 1. The Bertz CT molecular complexity index is 573. The summed E-state index contributed by atoms with van der Waals surface area (Å²) >= 11 is 0. The van der Waals surface area contributed by atoms with Crippen LogP contribution in [0.2, 0.25) is 0 Å². The average molecular weight is 270 g/mol. The van der Waals surface area contributed by atoms with Crippen molar-refractivity contribution in [3.8, 4) is 11.8 Å². The van der Waals surface area contributed by atoms with E-state index in [9.17, 15) is 4.79 Å². The van der Waals surface area contributed by atoms with Gasteiger partial charge in [-0.05, 0) is 49.2 Å². The molecule has 0 aromatic carbocycles. The van der Waals surface area contributed by atoms with E-state index in [0.717, 1.165) is 12.3 Å². The van der Waals surface area contributed by atoms with Crippen molar-refractivity contribution < 1.29 is 9.90 Å². The van der Waals surface area contributed by atoms with Crippen molar-refractivity contribution in [1.82, 2.24) is 4.98 Å². The summed E-state index contributed by atoms with van der Waals surface area (Å²) in [4.78, 5) is 16.6. The van der Waals surface area contributed by atoms with E-state index < -0.39 is 0 Å². The second kappa shape index (κ2) is 5.64. The Morgan fingerprint density at radius 1 is 1.40 bits per heavy atom. The fraction of sp³-hybridized carbons (Fsp3) is 0.500. The lowest BCUT2D eigenvalue weighted by Gasteiger charge is -2.20. The highest BCUT2D eigenvalue weighted by Gasteiger charge is 2.43. The van der Waals surface area contributed by atoms with Crippen molar-refractivity contribution in [3.63, 3.8) is 0 Å². The first kappa shape index (κ1) is 13.1. The van der Waals surface area contributed by atoms with Crippen molar-refractivity contribution in [2.45, 2.75) is 25.7 Å². The third-order valence-corrected chi connectivity index (χ3v) is 4.37. The maximum atomic E-state index is 12.3. The van der Waals surface area contributed by atoms with Crippen LogP contribution < -0.4 is 5.32 Å². The number of aromatic nitrogens is 1. The molecule has 4 nitrogen and oxygen atoms in total. The SMILES string of the molecule is O=C(Nc1cccc(C#CCO)n1)C1CC2CCC1C2. The lowest BCUT2D eigenvalue weighted by atomic mass is 9.88. The summed E-state index contributed by atoms with van der Waals surface area (Å²) in [6.45, 7) is -0.191. The molecule has 20 heavy (non-hydrogen) atoms. The van der Waals surface area contributed by atoms with Gasteiger partial charge in [0.2, 0.25) is 5.91 Å². The van der Waals surface area contributed by atoms with Gasteiger partial charge in [-0.15, -0.1) is 0 Å². The van der Waals surface area contributed by atoms with Crippen LogP contribution >= 0.6 is 0 Å². The molecule has 2 aliphatic carbocycles. The van der Waals surface area contributed by atoms with Crippen molar-refractivity contribution in [2.75, 3.05) is 11.9 Å². The number of fused-ring (bicyclic) bond motifs is 2. The maximum absolute atomic E-state index is 12.3. The zero-order valence-corrected chi connectivity index (χ0v) is 11.3. The van der Waals surface area contributed by atoms with E-state index in [0.29, 0.717) is 17.4 Å². The number of amides is 1. The monoisotopic (exact) mass is 270 g/mol. The molecule has 0 spiro atoms. The quantitative estimate of drug-likeness (QED) is 0.806. The molecule has 0 saturated heterocycles. The number of aliphatic hydroxyl groups excluding tert-OH is 1. The van der Waals surface area contributed by atoms with Gasteiger partial charge in [0.05, 0.1) is 0 Å². The Balaban J connectivity index is 1.67. The van der Waals surface area contributed by atoms with Gasteiger partial charge >= 0.3 is 0 Å². The van der Waals surface area contributed by atoms with E-state index in [4.69, 9.17) is 5.11 Å². The lowest BCUT2D eigenvalue weighted by molar-refractivity contribution is -0.121. The molecular formula is C16H18N2O2. The number of nitrogens with zero attached hydrogens (tertiary/aromatic N) is 1. The second-order valence-electron chi connectivity index (χ2n) is 5.64. The number of carbonyl (C=O) groups is 1. The summed E-state index contributed by atoms with van der Waals surface area (Å²) in [6.07, 6.45) is 4.73. The van der Waals surface area contributed by atoms with E-state index in [2.05, 4.69) is 22.1 Å². The van der Waals surface area contributed by atoms with Crippen LogP contribution in [0.4, 0.5) is 5.82 Å². The normalized spacial score (nSPS) is 26.9. The number of carbonyl (C=O) groups excluding carboxylic acids is 1. The van der Waals surface area contributed by atoms with Crippen LogP contribution in [0, 0.1) is 29.6 Å². The number of anilines is 1. The summed E-state index contributed by atoms with van der Waals surface area (Å²) < 4.78 is 0. The first-order valence-corrected chi connectivity index (χ1v) is 7.14. The average Bonchev–Trinajstić information content (AvgIpc) is 3.08. The molecule has 3 atom stereocenters. The number of hydrogen-bond donors (Lipinski definition) is 2. The van der Waals surface area contributed by atoms with Crippen molar-refractivity contribution in [2.24, 2.45) is 17.8 Å². The van der Waals surface area contributed by atoms with Gasteiger partial charge < -0.3 is 10.4 Å². The van der Waals surface area contributed by atoms with Crippen LogP contribution in [-0.2, 0) is 4.79 Å². The van der Waals surface area contributed by atoms with Crippen LogP contribution in [0.3, 0.4) is 0 Å². The van der Waals surface area contributed by atoms with E-state index >= 15 is 0 Å². The fourth-order valence-corrected chi connectivity index (χ4v) is 3.49. The minimum absolute atomic E-state index is 0.0944. The van der Waals surface area contributed by atoms with Crippen molar-refractivity contribution in [1.29, 1.82) is 0 Å². The minimum atomic E-state index is -0.191. The molecule has 2 bridgehead atoms. The van der Waals surface area contributed by atoms with E-state index in [1.165, 1.54) is 19.3 Å². The Kier molecular flexibility index (Phi) is 3.70. The minimum Gasteiger partial charge on any atom is -0.384 e. The number of hydrogen-bond acceptors (Lipinski definition) is 3. The Hall–Kier alpha value is -1.86. The first-order valence-electron chi connectivity index (χ1n) is 7.14. The Morgan fingerprint density at radius 2 is 2.30 bits per heavy atom. The van der Waals surface area contributed by atoms with Gasteiger partial charge in [-0.1, -0.05) is 18.4 Å². The van der Waals surface area contributed by atoms with Crippen molar-refractivity contribution >= 4 is 11.7 Å². The molecule has 4 heteroatoms. The van der Waals surface area contributed by atoms with E-state index in [-0.39, 0.29) is 18.4 Å². The highest BCUT2D eigenvalue weighted by molar-refractivity contribution is 5.92. The van der Waals surface area contributed by atoms with E-state index in [1.54, 1.807) is 12.1 Å². The van der Waals surface area contributed by atoms with Crippen LogP contribution in [0.25, 0.3) is 0 Å². The zero-order chi connectivity index (χ0) is 13.9. The molecular weight excluding hydrogens is 252 g/mol. The molecule has 1 amide bonds. The standard InChI is InChI=1S/C16H18N2O2/c19-8-2-4-13-3-1-5-15(17-13)18-16(20)14-10-11-6-7-12(14)9-11/h1,3,5,11-12,14,19H,6-10H2,(H,17,18,20). The Labute approximate surface area is 118 Å². The predicted molar refractivity (Wildman–Crippen MR) is 75.8 cm³/mol. The third-order valence-electron chi connectivity index (χ3n) is 4.37. The van der Waals surface area contributed by atoms with Gasteiger partial charge in [0, 0.05) is 5.92 Å². The molecule has 3 unspecified atom stereocenters. The van der Waals surface area contributed by atoms with E-state index in [1.807, 2.05) is 6.07 Å². The topological polar surface area (TPSA) is 62.2 Å². The van der Waals surface area contributed by atoms with Gasteiger partial charge in [-0.3, -0.25) is 4.79 Å². The molecule has 104 valence electrons. The summed E-state index contributed by atoms with van der Waals surface area (Å²) in [5, 5.41) is 11.6. The summed E-state index contributed by atoms with van der Waals surface area (Å²) in [7, 11) is 0. The fourth-order valence-electron chi connectivity index (χ4n) is 3.49. The molecule has 2 fully saturated rings. The highest BCUT2D eigenvalue weighted by atomic mass is 16.2. The van der Waals surface area contributed by atoms with Gasteiger partial charge in [0.1, 0.15) is 18.1 Å². The molecule has 3 rings (SSSR count). The van der Waals surface area contributed by atoms with Crippen LogP contribution in [0.5, 0.6) is 0 Å².